The fourth-order valence-electron chi connectivity index (χ4n) is 5.11. The third kappa shape index (κ3) is 5.73. The molecule has 11 nitrogen and oxygen atoms in total. The Hall–Kier alpha value is -4.07. The second-order valence-electron chi connectivity index (χ2n) is 10.1. The van der Waals surface area contributed by atoms with E-state index in [0.717, 1.165) is 49.0 Å². The number of nitrogens with one attached hydrogen (secondary N) is 1. The van der Waals surface area contributed by atoms with Crippen LogP contribution in [0.2, 0.25) is 0 Å². The van der Waals surface area contributed by atoms with Crippen molar-refractivity contribution in [3.63, 3.8) is 0 Å². The molecule has 0 saturated carbocycles. The van der Waals surface area contributed by atoms with Crippen molar-refractivity contribution < 1.29 is 27.4 Å². The molecular formula is C28H29FN6O5S. The van der Waals surface area contributed by atoms with Gasteiger partial charge in [0.25, 0.3) is 10.0 Å². The number of carbonyl (C=O) groups is 1. The van der Waals surface area contributed by atoms with E-state index in [4.69, 9.17) is 9.72 Å². The molecule has 4 heterocycles. The lowest BCUT2D eigenvalue weighted by molar-refractivity contribution is -0.0592. The van der Waals surface area contributed by atoms with Crippen LogP contribution in [-0.4, -0.2) is 77.8 Å². The first-order valence-corrected chi connectivity index (χ1v) is 14.8. The summed E-state index contributed by atoms with van der Waals surface area (Å²) in [5.74, 6) is -0.220. The first kappa shape index (κ1) is 27.1. The van der Waals surface area contributed by atoms with Crippen molar-refractivity contribution in [2.24, 2.45) is 0 Å². The van der Waals surface area contributed by atoms with Gasteiger partial charge in [0.2, 0.25) is 0 Å². The Morgan fingerprint density at radius 1 is 1.05 bits per heavy atom. The molecule has 2 saturated heterocycles. The Labute approximate surface area is 236 Å². The van der Waals surface area contributed by atoms with Gasteiger partial charge in [-0.3, -0.25) is 9.62 Å². The van der Waals surface area contributed by atoms with Crippen LogP contribution in [0.5, 0.6) is 0 Å². The third-order valence-electron chi connectivity index (χ3n) is 7.41. The van der Waals surface area contributed by atoms with Crippen LogP contribution >= 0.6 is 0 Å². The van der Waals surface area contributed by atoms with Crippen LogP contribution in [0.1, 0.15) is 22.6 Å². The van der Waals surface area contributed by atoms with Crippen molar-refractivity contribution in [1.29, 1.82) is 0 Å². The molecule has 2 aliphatic heterocycles. The van der Waals surface area contributed by atoms with E-state index < -0.39 is 26.7 Å². The number of imidazole rings is 1. The van der Waals surface area contributed by atoms with Crippen molar-refractivity contribution >= 4 is 38.7 Å². The second kappa shape index (κ2) is 11.1. The van der Waals surface area contributed by atoms with E-state index in [1.165, 1.54) is 24.3 Å². The number of carboxylic acids is 1. The summed E-state index contributed by atoms with van der Waals surface area (Å²) in [6, 6.07) is 15.2. The van der Waals surface area contributed by atoms with Crippen LogP contribution in [0.15, 0.2) is 65.6 Å². The lowest BCUT2D eigenvalue weighted by Crippen LogP contribution is -2.46. The molecule has 0 amide bonds. The van der Waals surface area contributed by atoms with Gasteiger partial charge in [0, 0.05) is 32.8 Å². The quantitative estimate of drug-likeness (QED) is 0.307. The largest absolute Gasteiger partial charge is 0.478 e. The van der Waals surface area contributed by atoms with Crippen LogP contribution in [0, 0.1) is 5.82 Å². The van der Waals surface area contributed by atoms with Gasteiger partial charge in [0.1, 0.15) is 28.2 Å². The van der Waals surface area contributed by atoms with Crippen molar-refractivity contribution in [1.82, 2.24) is 19.4 Å². The summed E-state index contributed by atoms with van der Waals surface area (Å²) in [6.07, 6.45) is 1.05. The summed E-state index contributed by atoms with van der Waals surface area (Å²) in [5.41, 5.74) is 1.76. The maximum absolute atomic E-state index is 14.1. The number of halogens is 1. The molecule has 41 heavy (non-hydrogen) atoms. The highest BCUT2D eigenvalue weighted by Crippen LogP contribution is 2.25. The van der Waals surface area contributed by atoms with E-state index in [1.807, 2.05) is 6.07 Å². The highest BCUT2D eigenvalue weighted by atomic mass is 32.2. The average Bonchev–Trinajstić information content (AvgIpc) is 3.27. The Morgan fingerprint density at radius 3 is 2.54 bits per heavy atom. The first-order valence-electron chi connectivity index (χ1n) is 13.3. The van der Waals surface area contributed by atoms with Gasteiger partial charge in [-0.2, -0.15) is 0 Å². The molecule has 0 radical (unpaired) electrons. The van der Waals surface area contributed by atoms with Gasteiger partial charge in [-0.25, -0.2) is 27.6 Å². The maximum Gasteiger partial charge on any atom is 0.335 e. The van der Waals surface area contributed by atoms with Crippen molar-refractivity contribution in [2.45, 2.75) is 30.5 Å². The fraction of sp³-hybridized carbons (Fsp3) is 0.321. The molecule has 2 fully saturated rings. The second-order valence-corrected chi connectivity index (χ2v) is 11.8. The number of fused-ring (bicyclic) bond motifs is 1. The van der Waals surface area contributed by atoms with Gasteiger partial charge in [0.05, 0.1) is 35.8 Å². The van der Waals surface area contributed by atoms with E-state index in [1.54, 1.807) is 24.3 Å². The minimum absolute atomic E-state index is 0.0886. The van der Waals surface area contributed by atoms with Crippen molar-refractivity contribution in [3.05, 3.63) is 77.9 Å². The molecule has 6 rings (SSSR count). The smallest absolute Gasteiger partial charge is 0.335 e. The van der Waals surface area contributed by atoms with Gasteiger partial charge >= 0.3 is 5.97 Å². The Balaban J connectivity index is 1.14. The molecule has 214 valence electrons. The fourth-order valence-corrected chi connectivity index (χ4v) is 6.19. The minimum atomic E-state index is -4.13. The predicted octanol–water partition coefficient (Wildman–Crippen LogP) is 3.18. The zero-order chi connectivity index (χ0) is 28.6. The molecule has 4 aromatic rings. The number of aromatic carboxylic acids is 1. The maximum atomic E-state index is 14.1. The average molecular weight is 581 g/mol. The number of hydrogen-bond acceptors (Lipinski definition) is 8. The lowest BCUT2D eigenvalue weighted by atomic mass is 10.1. The number of piperazine rings is 1. The number of carboxylic acid groups (broad SMARTS) is 1. The van der Waals surface area contributed by atoms with Crippen LogP contribution in [0.4, 0.5) is 16.0 Å². The summed E-state index contributed by atoms with van der Waals surface area (Å²) in [6.45, 7) is 4.70. The Morgan fingerprint density at radius 2 is 1.83 bits per heavy atom. The number of ether oxygens (including phenoxy) is 1. The summed E-state index contributed by atoms with van der Waals surface area (Å²) >= 11 is 0. The molecule has 2 aromatic heterocycles. The topological polar surface area (TPSA) is 130 Å². The van der Waals surface area contributed by atoms with Crippen molar-refractivity contribution in [2.75, 3.05) is 42.4 Å². The normalized spacial score (nSPS) is 17.9. The summed E-state index contributed by atoms with van der Waals surface area (Å²) in [5, 5.41) is 9.48. The number of hydrogen-bond donors (Lipinski definition) is 2. The van der Waals surface area contributed by atoms with E-state index >= 15 is 0 Å². The molecule has 0 aliphatic carbocycles. The number of pyridine rings is 1. The highest BCUT2D eigenvalue weighted by Gasteiger charge is 2.25. The van der Waals surface area contributed by atoms with E-state index in [9.17, 15) is 22.7 Å². The van der Waals surface area contributed by atoms with E-state index in [0.29, 0.717) is 32.0 Å². The first-order chi connectivity index (χ1) is 19.8. The van der Waals surface area contributed by atoms with Crippen LogP contribution in [0.25, 0.3) is 11.0 Å². The third-order valence-corrected chi connectivity index (χ3v) is 8.80. The zero-order valence-electron chi connectivity index (χ0n) is 22.1. The molecule has 0 bridgehead atoms. The number of benzene rings is 2. The van der Waals surface area contributed by atoms with E-state index in [-0.39, 0.29) is 17.5 Å². The Bertz CT molecular complexity index is 1700. The number of nitrogens with zero attached hydrogens (tertiary/aromatic N) is 5. The monoisotopic (exact) mass is 580 g/mol. The number of rotatable bonds is 9. The van der Waals surface area contributed by atoms with Gasteiger partial charge in [-0.1, -0.05) is 18.2 Å². The van der Waals surface area contributed by atoms with Crippen LogP contribution in [-0.2, 0) is 27.8 Å². The van der Waals surface area contributed by atoms with Gasteiger partial charge in [-0.05, 0) is 48.9 Å². The summed E-state index contributed by atoms with van der Waals surface area (Å²) in [4.78, 5) is 24.8. The molecular weight excluding hydrogens is 551 g/mol. The molecule has 2 aliphatic rings. The Kier molecular flexibility index (Phi) is 7.32. The van der Waals surface area contributed by atoms with E-state index in [2.05, 4.69) is 24.1 Å². The van der Waals surface area contributed by atoms with Gasteiger partial charge < -0.3 is 19.3 Å². The lowest BCUT2D eigenvalue weighted by Gasteiger charge is -2.35. The SMILES string of the molecule is O=C(O)c1ccc2nc(CN3CCN(c4cccc(NS(=O)(=O)c5ccccc5F)n4)CC3)n(C[C@@H]3CCO3)c2c1. The number of anilines is 2. The predicted molar refractivity (Wildman–Crippen MR) is 150 cm³/mol. The molecule has 2 N–H and O–H groups in total. The highest BCUT2D eigenvalue weighted by molar-refractivity contribution is 7.92. The summed E-state index contributed by atoms with van der Waals surface area (Å²) < 4.78 is 49.6. The van der Waals surface area contributed by atoms with Crippen LogP contribution < -0.4 is 9.62 Å². The number of sulfonamides is 1. The van der Waals surface area contributed by atoms with Crippen LogP contribution in [0.3, 0.4) is 0 Å². The minimum Gasteiger partial charge on any atom is -0.478 e. The molecule has 0 unspecified atom stereocenters. The van der Waals surface area contributed by atoms with Gasteiger partial charge in [-0.15, -0.1) is 0 Å². The standard InChI is InChI=1S/C28H29FN6O5S/c29-21-4-1-2-5-24(21)41(38,39)32-25-6-3-7-26(31-25)34-13-11-33(12-14-34)18-27-30-22-9-8-19(28(36)37)16-23(22)35(27)17-20-10-15-40-20/h1-9,16,20H,10-15,17-18H2,(H,31,32)(H,36,37)/t20-/m0/s1. The molecule has 13 heteroatoms. The van der Waals surface area contributed by atoms with Crippen molar-refractivity contribution in [3.8, 4) is 0 Å². The molecule has 2 aromatic carbocycles. The van der Waals surface area contributed by atoms with Gasteiger partial charge in [0.15, 0.2) is 0 Å². The zero-order valence-corrected chi connectivity index (χ0v) is 22.9. The molecule has 1 atom stereocenters. The molecule has 0 spiro atoms. The summed E-state index contributed by atoms with van der Waals surface area (Å²) in [7, 11) is -4.13. The number of aromatic nitrogens is 3.